The molecule has 0 saturated carbocycles. The molecule has 1 amide bonds. The first-order chi connectivity index (χ1) is 14.8. The van der Waals surface area contributed by atoms with Crippen LogP contribution in [0, 0.1) is 13.8 Å². The second-order valence-electron chi connectivity index (χ2n) is 7.34. The average Bonchev–Trinajstić information content (AvgIpc) is 3.35. The number of phenols is 1. The average molecular weight is 436 g/mol. The molecule has 1 aromatic heterocycles. The zero-order valence-electron chi connectivity index (χ0n) is 17.2. The Morgan fingerprint density at radius 1 is 1.10 bits per heavy atom. The minimum Gasteiger partial charge on any atom is -0.507 e. The van der Waals surface area contributed by atoms with E-state index in [9.17, 15) is 19.8 Å². The maximum atomic E-state index is 13.2. The minimum atomic E-state index is -0.876. The molecular formula is C24H21NO5S. The van der Waals surface area contributed by atoms with Crippen LogP contribution in [0.25, 0.3) is 5.76 Å². The number of hydrogen-bond acceptors (Lipinski definition) is 6. The smallest absolute Gasteiger partial charge is 0.300 e. The fourth-order valence-electron chi connectivity index (χ4n) is 4.01. The van der Waals surface area contributed by atoms with Crippen molar-refractivity contribution in [2.75, 3.05) is 12.0 Å². The summed E-state index contributed by atoms with van der Waals surface area (Å²) in [7, 11) is 1.49. The lowest BCUT2D eigenvalue weighted by Gasteiger charge is -2.25. The van der Waals surface area contributed by atoms with E-state index in [2.05, 4.69) is 0 Å². The summed E-state index contributed by atoms with van der Waals surface area (Å²) in [5.74, 6) is -1.64. The Morgan fingerprint density at radius 3 is 2.48 bits per heavy atom. The molecule has 2 heterocycles. The van der Waals surface area contributed by atoms with Crippen LogP contribution in [0.2, 0.25) is 0 Å². The van der Waals surface area contributed by atoms with Gasteiger partial charge in [0.1, 0.15) is 23.3 Å². The highest BCUT2D eigenvalue weighted by atomic mass is 32.1. The van der Waals surface area contributed by atoms with Crippen molar-refractivity contribution in [3.05, 3.63) is 81.1 Å². The standard InChI is InChI=1S/C24H21NO5S/c1-13-11-14(2)23(30-3)15(12-13)21(27)19-20(18-9-6-10-31-18)25(24(29)22(19)28)16-7-4-5-8-17(16)26/h4-12,20,26-27H,1-3H3/b21-19-. The molecule has 0 radical (unpaired) electrons. The third-order valence-electron chi connectivity index (χ3n) is 5.28. The predicted octanol–water partition coefficient (Wildman–Crippen LogP) is 4.71. The summed E-state index contributed by atoms with van der Waals surface area (Å²) in [5, 5.41) is 23.5. The van der Waals surface area contributed by atoms with Gasteiger partial charge in [0.25, 0.3) is 11.7 Å². The number of aromatic hydroxyl groups is 1. The van der Waals surface area contributed by atoms with E-state index in [0.29, 0.717) is 16.2 Å². The van der Waals surface area contributed by atoms with Crippen molar-refractivity contribution in [1.82, 2.24) is 0 Å². The van der Waals surface area contributed by atoms with Gasteiger partial charge in [0, 0.05) is 4.88 Å². The molecule has 0 spiro atoms. The van der Waals surface area contributed by atoms with Crippen LogP contribution in [0.5, 0.6) is 11.5 Å². The molecule has 0 aliphatic carbocycles. The van der Waals surface area contributed by atoms with Crippen molar-refractivity contribution in [3.63, 3.8) is 0 Å². The number of aliphatic hydroxyl groups excluding tert-OH is 1. The highest BCUT2D eigenvalue weighted by Crippen LogP contribution is 2.46. The van der Waals surface area contributed by atoms with Gasteiger partial charge in [-0.1, -0.05) is 24.3 Å². The number of benzene rings is 2. The molecule has 1 aliphatic rings. The number of carbonyl (C=O) groups excluding carboxylic acids is 2. The normalized spacial score (nSPS) is 17.9. The van der Waals surface area contributed by atoms with Gasteiger partial charge in [-0.3, -0.25) is 14.5 Å². The predicted molar refractivity (Wildman–Crippen MR) is 120 cm³/mol. The van der Waals surface area contributed by atoms with E-state index in [4.69, 9.17) is 4.74 Å². The van der Waals surface area contributed by atoms with Crippen LogP contribution in [0.15, 0.2) is 59.5 Å². The van der Waals surface area contributed by atoms with Gasteiger partial charge in [0.15, 0.2) is 0 Å². The number of ketones is 1. The second kappa shape index (κ2) is 7.92. The van der Waals surface area contributed by atoms with Crippen LogP contribution in [0.3, 0.4) is 0 Å². The van der Waals surface area contributed by atoms with Crippen molar-refractivity contribution in [2.45, 2.75) is 19.9 Å². The van der Waals surface area contributed by atoms with Crippen molar-refractivity contribution >= 4 is 34.5 Å². The van der Waals surface area contributed by atoms with Crippen LogP contribution in [-0.4, -0.2) is 29.0 Å². The number of hydrogen-bond donors (Lipinski definition) is 2. The van der Waals surface area contributed by atoms with E-state index >= 15 is 0 Å². The molecule has 3 aromatic rings. The number of carbonyl (C=O) groups is 2. The molecule has 4 rings (SSSR count). The number of anilines is 1. The molecule has 1 fully saturated rings. The number of rotatable bonds is 4. The van der Waals surface area contributed by atoms with Crippen LogP contribution in [-0.2, 0) is 9.59 Å². The van der Waals surface area contributed by atoms with Gasteiger partial charge in [0.2, 0.25) is 0 Å². The molecular weight excluding hydrogens is 414 g/mol. The van der Waals surface area contributed by atoms with Gasteiger partial charge in [-0.05, 0) is 54.6 Å². The SMILES string of the molecule is COc1c(C)cc(C)cc1/C(O)=C1/C(=O)C(=O)N(c2ccccc2O)C1c1cccs1. The van der Waals surface area contributed by atoms with Gasteiger partial charge >= 0.3 is 0 Å². The highest BCUT2D eigenvalue weighted by Gasteiger charge is 2.48. The van der Waals surface area contributed by atoms with Crippen LogP contribution < -0.4 is 9.64 Å². The first kappa shape index (κ1) is 20.7. The number of phenolic OH excluding ortho intramolecular Hbond substituents is 1. The van der Waals surface area contributed by atoms with Crippen LogP contribution >= 0.6 is 11.3 Å². The molecule has 31 heavy (non-hydrogen) atoms. The van der Waals surface area contributed by atoms with Crippen molar-refractivity contribution in [1.29, 1.82) is 0 Å². The Kier molecular flexibility index (Phi) is 5.29. The number of thiophene rings is 1. The summed E-state index contributed by atoms with van der Waals surface area (Å²) in [6.07, 6.45) is 0. The summed E-state index contributed by atoms with van der Waals surface area (Å²) in [5.41, 5.74) is 2.18. The number of para-hydroxylation sites is 2. The Morgan fingerprint density at radius 2 is 1.84 bits per heavy atom. The van der Waals surface area contributed by atoms with Gasteiger partial charge in [-0.15, -0.1) is 11.3 Å². The van der Waals surface area contributed by atoms with Gasteiger partial charge in [0.05, 0.1) is 23.9 Å². The minimum absolute atomic E-state index is 0.0426. The first-order valence-electron chi connectivity index (χ1n) is 9.63. The number of aryl methyl sites for hydroxylation is 2. The third kappa shape index (κ3) is 3.37. The van der Waals surface area contributed by atoms with Crippen LogP contribution in [0.1, 0.15) is 27.6 Å². The Labute approximate surface area is 183 Å². The van der Waals surface area contributed by atoms with E-state index in [1.54, 1.807) is 30.3 Å². The number of ether oxygens (including phenoxy) is 1. The monoisotopic (exact) mass is 435 g/mol. The molecule has 2 N–H and O–H groups in total. The van der Waals surface area contributed by atoms with Crippen LogP contribution in [0.4, 0.5) is 5.69 Å². The summed E-state index contributed by atoms with van der Waals surface area (Å²) < 4.78 is 5.49. The van der Waals surface area contributed by atoms with E-state index < -0.39 is 17.7 Å². The lowest BCUT2D eigenvalue weighted by atomic mass is 9.96. The summed E-state index contributed by atoms with van der Waals surface area (Å²) in [4.78, 5) is 28.2. The number of methoxy groups -OCH3 is 1. The van der Waals surface area contributed by atoms with Gasteiger partial charge in [-0.2, -0.15) is 0 Å². The Balaban J connectivity index is 2.00. The topological polar surface area (TPSA) is 87.1 Å². The Hall–Kier alpha value is -3.58. The summed E-state index contributed by atoms with van der Waals surface area (Å²) in [6, 6.07) is 12.7. The number of Topliss-reactive ketones (excluding diaryl/α,β-unsaturated/α-hetero) is 1. The molecule has 1 aliphatic heterocycles. The zero-order valence-corrected chi connectivity index (χ0v) is 18.1. The maximum Gasteiger partial charge on any atom is 0.300 e. The third-order valence-corrected chi connectivity index (χ3v) is 6.20. The molecule has 1 unspecified atom stereocenters. The largest absolute Gasteiger partial charge is 0.507 e. The molecule has 6 nitrogen and oxygen atoms in total. The number of nitrogens with zero attached hydrogens (tertiary/aromatic N) is 1. The molecule has 7 heteroatoms. The van der Waals surface area contributed by atoms with E-state index in [1.165, 1.54) is 29.4 Å². The number of amides is 1. The quantitative estimate of drug-likeness (QED) is 0.352. The van der Waals surface area contributed by atoms with Crippen molar-refractivity contribution in [3.8, 4) is 11.5 Å². The van der Waals surface area contributed by atoms with Gasteiger partial charge < -0.3 is 14.9 Å². The Bertz CT molecular complexity index is 1210. The fraction of sp³-hybridized carbons (Fsp3) is 0.167. The second-order valence-corrected chi connectivity index (χ2v) is 8.32. The zero-order chi connectivity index (χ0) is 22.3. The molecule has 158 valence electrons. The molecule has 2 aromatic carbocycles. The lowest BCUT2D eigenvalue weighted by Crippen LogP contribution is -2.29. The fourth-order valence-corrected chi connectivity index (χ4v) is 4.83. The van der Waals surface area contributed by atoms with E-state index in [-0.39, 0.29) is 22.8 Å². The molecule has 1 atom stereocenters. The summed E-state index contributed by atoms with van der Waals surface area (Å²) in [6.45, 7) is 3.72. The van der Waals surface area contributed by atoms with Crippen molar-refractivity contribution in [2.24, 2.45) is 0 Å². The van der Waals surface area contributed by atoms with E-state index in [0.717, 1.165) is 11.1 Å². The number of aliphatic hydroxyl groups is 1. The van der Waals surface area contributed by atoms with E-state index in [1.807, 2.05) is 31.4 Å². The lowest BCUT2D eigenvalue weighted by molar-refractivity contribution is -0.132. The summed E-state index contributed by atoms with van der Waals surface area (Å²) >= 11 is 1.36. The maximum absolute atomic E-state index is 13.2. The molecule has 0 bridgehead atoms. The van der Waals surface area contributed by atoms with Crippen molar-refractivity contribution < 1.29 is 24.5 Å². The highest BCUT2D eigenvalue weighted by molar-refractivity contribution is 7.10. The first-order valence-corrected chi connectivity index (χ1v) is 10.5. The van der Waals surface area contributed by atoms with Gasteiger partial charge in [-0.25, -0.2) is 0 Å². The molecule has 1 saturated heterocycles.